The molecule has 1 heterocycles. The normalized spacial score (nSPS) is 10.4. The first kappa shape index (κ1) is 10.7. The maximum Gasteiger partial charge on any atom is 0.195 e. The van der Waals surface area contributed by atoms with Gasteiger partial charge in [-0.3, -0.25) is 9.78 Å². The van der Waals surface area contributed by atoms with Crippen LogP contribution >= 0.6 is 0 Å². The molecule has 0 radical (unpaired) electrons. The lowest BCUT2D eigenvalue weighted by molar-refractivity contribution is 0.104. The van der Waals surface area contributed by atoms with Gasteiger partial charge in [0.1, 0.15) is 0 Å². The maximum absolute atomic E-state index is 12.4. The molecule has 0 aliphatic heterocycles. The van der Waals surface area contributed by atoms with Gasteiger partial charge in [-0.2, -0.15) is 0 Å². The van der Waals surface area contributed by atoms with Crippen molar-refractivity contribution < 1.29 is 4.79 Å². The number of hydrogen-bond acceptors (Lipinski definition) is 2. The third kappa shape index (κ3) is 1.78. The maximum atomic E-state index is 12.4. The van der Waals surface area contributed by atoms with E-state index in [0.717, 1.165) is 16.3 Å². The van der Waals surface area contributed by atoms with E-state index in [9.17, 15) is 4.79 Å². The van der Waals surface area contributed by atoms with Crippen molar-refractivity contribution >= 4 is 16.6 Å². The van der Waals surface area contributed by atoms with Crippen LogP contribution in [-0.4, -0.2) is 10.8 Å². The summed E-state index contributed by atoms with van der Waals surface area (Å²) in [7, 11) is 0. The van der Waals surface area contributed by atoms with Gasteiger partial charge in [0.05, 0.1) is 0 Å². The Hall–Kier alpha value is -2.48. The van der Waals surface area contributed by atoms with Crippen LogP contribution in [-0.2, 0) is 0 Å². The van der Waals surface area contributed by atoms with E-state index in [-0.39, 0.29) is 5.78 Å². The first-order chi connectivity index (χ1) is 8.86. The first-order valence-corrected chi connectivity index (χ1v) is 5.79. The molecule has 0 aliphatic carbocycles. The molecular weight excluding hydrogens is 222 g/mol. The van der Waals surface area contributed by atoms with Crippen LogP contribution in [0.2, 0.25) is 0 Å². The van der Waals surface area contributed by atoms with E-state index in [1.54, 1.807) is 24.5 Å². The molecule has 2 aromatic carbocycles. The van der Waals surface area contributed by atoms with Crippen molar-refractivity contribution in [3.05, 3.63) is 78.1 Å². The number of aromatic nitrogens is 1. The Morgan fingerprint density at radius 2 is 1.72 bits per heavy atom. The lowest BCUT2D eigenvalue weighted by atomic mass is 9.98. The van der Waals surface area contributed by atoms with Gasteiger partial charge in [-0.05, 0) is 22.9 Å². The molecule has 0 unspecified atom stereocenters. The summed E-state index contributed by atoms with van der Waals surface area (Å²) in [5, 5.41) is 2.06. The minimum absolute atomic E-state index is 0.0138. The van der Waals surface area contributed by atoms with Crippen LogP contribution < -0.4 is 0 Å². The number of rotatable bonds is 2. The van der Waals surface area contributed by atoms with Crippen LogP contribution in [0.3, 0.4) is 0 Å². The summed E-state index contributed by atoms with van der Waals surface area (Å²) in [4.78, 5) is 16.4. The number of ketones is 1. The van der Waals surface area contributed by atoms with Crippen LogP contribution in [0.15, 0.2) is 67.0 Å². The van der Waals surface area contributed by atoms with Gasteiger partial charge in [0.2, 0.25) is 0 Å². The highest BCUT2D eigenvalue weighted by molar-refractivity contribution is 6.16. The second kappa shape index (κ2) is 4.41. The summed E-state index contributed by atoms with van der Waals surface area (Å²) in [6.45, 7) is 0. The lowest BCUT2D eigenvalue weighted by Crippen LogP contribution is -2.02. The van der Waals surface area contributed by atoms with Gasteiger partial charge in [0, 0.05) is 23.5 Å². The Labute approximate surface area is 105 Å². The molecule has 3 aromatic rings. The number of benzene rings is 2. The van der Waals surface area contributed by atoms with E-state index in [4.69, 9.17) is 0 Å². The second-order valence-electron chi connectivity index (χ2n) is 4.10. The van der Waals surface area contributed by atoms with Crippen molar-refractivity contribution in [2.24, 2.45) is 0 Å². The highest BCUT2D eigenvalue weighted by Crippen LogP contribution is 2.20. The third-order valence-corrected chi connectivity index (χ3v) is 2.96. The number of nitrogens with zero attached hydrogens (tertiary/aromatic N) is 1. The minimum Gasteiger partial charge on any atom is -0.289 e. The van der Waals surface area contributed by atoms with Gasteiger partial charge >= 0.3 is 0 Å². The fourth-order valence-corrected chi connectivity index (χ4v) is 2.08. The van der Waals surface area contributed by atoms with E-state index >= 15 is 0 Å². The molecule has 0 aliphatic rings. The highest BCUT2D eigenvalue weighted by Gasteiger charge is 2.11. The topological polar surface area (TPSA) is 30.0 Å². The first-order valence-electron chi connectivity index (χ1n) is 5.79. The molecule has 0 bridgehead atoms. The van der Waals surface area contributed by atoms with Crippen molar-refractivity contribution in [2.75, 3.05) is 0 Å². The van der Waals surface area contributed by atoms with Gasteiger partial charge in [-0.25, -0.2) is 0 Å². The average molecular weight is 233 g/mol. The highest BCUT2D eigenvalue weighted by atomic mass is 16.1. The zero-order valence-electron chi connectivity index (χ0n) is 9.71. The minimum atomic E-state index is 0.0138. The Morgan fingerprint density at radius 1 is 0.889 bits per heavy atom. The van der Waals surface area contributed by atoms with E-state index in [1.807, 2.05) is 42.5 Å². The summed E-state index contributed by atoms with van der Waals surface area (Å²) in [5.41, 5.74) is 1.34. The monoisotopic (exact) mass is 233 g/mol. The molecule has 86 valence electrons. The molecule has 0 atom stereocenters. The molecule has 0 N–H and O–H groups in total. The second-order valence-corrected chi connectivity index (χ2v) is 4.10. The molecule has 0 saturated carbocycles. The van der Waals surface area contributed by atoms with Crippen LogP contribution in [0.4, 0.5) is 0 Å². The average Bonchev–Trinajstić information content (AvgIpc) is 2.47. The van der Waals surface area contributed by atoms with Gasteiger partial charge in [0.25, 0.3) is 0 Å². The van der Waals surface area contributed by atoms with Gasteiger partial charge in [-0.1, -0.05) is 42.5 Å². The zero-order chi connectivity index (χ0) is 12.4. The summed E-state index contributed by atoms with van der Waals surface area (Å²) in [6, 6.07) is 17.2. The fourth-order valence-electron chi connectivity index (χ4n) is 2.08. The molecule has 0 fully saturated rings. The number of hydrogen-bond donors (Lipinski definition) is 0. The van der Waals surface area contributed by atoms with Gasteiger partial charge < -0.3 is 0 Å². The van der Waals surface area contributed by atoms with Crippen molar-refractivity contribution in [3.63, 3.8) is 0 Å². The SMILES string of the molecule is O=C(c1cccnc1)c1cccc2ccccc12. The fraction of sp³-hybridized carbons (Fsp3) is 0. The quantitative estimate of drug-likeness (QED) is 0.634. The third-order valence-electron chi connectivity index (χ3n) is 2.96. The van der Waals surface area contributed by atoms with E-state index in [0.29, 0.717) is 5.56 Å². The Kier molecular flexibility index (Phi) is 2.61. The molecule has 18 heavy (non-hydrogen) atoms. The molecule has 2 nitrogen and oxygen atoms in total. The van der Waals surface area contributed by atoms with Gasteiger partial charge in [-0.15, -0.1) is 0 Å². The number of pyridine rings is 1. The molecule has 0 amide bonds. The summed E-state index contributed by atoms with van der Waals surface area (Å²) in [5.74, 6) is 0.0138. The van der Waals surface area contributed by atoms with Crippen LogP contribution in [0.1, 0.15) is 15.9 Å². The van der Waals surface area contributed by atoms with Crippen LogP contribution in [0.25, 0.3) is 10.8 Å². The van der Waals surface area contributed by atoms with Crippen LogP contribution in [0.5, 0.6) is 0 Å². The largest absolute Gasteiger partial charge is 0.289 e. The lowest BCUT2D eigenvalue weighted by Gasteiger charge is -2.05. The number of fused-ring (bicyclic) bond motifs is 1. The zero-order valence-corrected chi connectivity index (χ0v) is 9.71. The number of carbonyl (C=O) groups excluding carboxylic acids is 1. The van der Waals surface area contributed by atoms with Crippen LogP contribution in [0, 0.1) is 0 Å². The molecule has 1 aromatic heterocycles. The van der Waals surface area contributed by atoms with Gasteiger partial charge in [0.15, 0.2) is 5.78 Å². The van der Waals surface area contributed by atoms with Crippen molar-refractivity contribution in [1.82, 2.24) is 4.98 Å². The van der Waals surface area contributed by atoms with Crippen molar-refractivity contribution in [3.8, 4) is 0 Å². The molecular formula is C16H11NO. The molecule has 0 saturated heterocycles. The van der Waals surface area contributed by atoms with Crippen molar-refractivity contribution in [2.45, 2.75) is 0 Å². The Morgan fingerprint density at radius 3 is 2.56 bits per heavy atom. The Bertz CT molecular complexity index is 699. The Balaban J connectivity index is 2.18. The summed E-state index contributed by atoms with van der Waals surface area (Å²) >= 11 is 0. The van der Waals surface area contributed by atoms with E-state index < -0.39 is 0 Å². The molecule has 0 spiro atoms. The van der Waals surface area contributed by atoms with E-state index in [1.165, 1.54) is 0 Å². The number of carbonyl (C=O) groups is 1. The summed E-state index contributed by atoms with van der Waals surface area (Å²) < 4.78 is 0. The molecule has 2 heteroatoms. The van der Waals surface area contributed by atoms with E-state index in [2.05, 4.69) is 4.98 Å². The smallest absolute Gasteiger partial charge is 0.195 e. The standard InChI is InChI=1S/C16H11NO/c18-16(13-7-4-10-17-11-13)15-9-3-6-12-5-1-2-8-14(12)15/h1-11H. The predicted molar refractivity (Wildman–Crippen MR) is 71.6 cm³/mol. The summed E-state index contributed by atoms with van der Waals surface area (Å²) in [6.07, 6.45) is 3.27. The molecule has 3 rings (SSSR count). The van der Waals surface area contributed by atoms with Crippen molar-refractivity contribution in [1.29, 1.82) is 0 Å². The predicted octanol–water partition coefficient (Wildman–Crippen LogP) is 3.47.